The smallest absolute Gasteiger partial charge is 0.311 e. The van der Waals surface area contributed by atoms with E-state index in [1.54, 1.807) is 0 Å². The molecule has 3 atom stereocenters. The van der Waals surface area contributed by atoms with E-state index in [0.29, 0.717) is 18.6 Å². The number of hydrogen-bond acceptors (Lipinski definition) is 5. The molecular weight excluding hydrogens is 414 g/mol. The second-order valence-electron chi connectivity index (χ2n) is 12.3. The molecule has 7 aliphatic rings. The van der Waals surface area contributed by atoms with E-state index >= 15 is 0 Å². The van der Waals surface area contributed by atoms with Crippen LogP contribution in [0.5, 0.6) is 11.5 Å². The van der Waals surface area contributed by atoms with E-state index in [2.05, 4.69) is 24.1 Å². The monoisotopic (exact) mass is 449 g/mol. The molecule has 4 fully saturated rings. The first-order chi connectivity index (χ1) is 15.9. The van der Waals surface area contributed by atoms with E-state index in [1.807, 2.05) is 12.1 Å². The summed E-state index contributed by atoms with van der Waals surface area (Å²) in [5, 5.41) is 10.3. The van der Waals surface area contributed by atoms with Crippen LogP contribution < -0.4 is 9.47 Å². The average molecular weight is 450 g/mol. The Bertz CT molecular complexity index is 996. The topological polar surface area (TPSA) is 59.0 Å². The molecule has 0 amide bonds. The fourth-order valence-corrected chi connectivity index (χ4v) is 8.97. The van der Waals surface area contributed by atoms with Crippen molar-refractivity contribution in [3.05, 3.63) is 35.4 Å². The molecule has 2 aliphatic heterocycles. The summed E-state index contributed by atoms with van der Waals surface area (Å²) >= 11 is 0. The molecule has 33 heavy (non-hydrogen) atoms. The first kappa shape index (κ1) is 20.5. The predicted octanol–water partition coefficient (Wildman–Crippen LogP) is 4.35. The van der Waals surface area contributed by atoms with Gasteiger partial charge in [0, 0.05) is 18.5 Å². The van der Waals surface area contributed by atoms with Crippen LogP contribution in [0.4, 0.5) is 0 Å². The van der Waals surface area contributed by atoms with Crippen molar-refractivity contribution in [3.63, 3.8) is 0 Å². The summed E-state index contributed by atoms with van der Waals surface area (Å²) < 4.78 is 12.6. The first-order valence-corrected chi connectivity index (χ1v) is 13.0. The lowest BCUT2D eigenvalue weighted by Crippen LogP contribution is -2.47. The van der Waals surface area contributed by atoms with Gasteiger partial charge in [-0.15, -0.1) is 0 Å². The number of esters is 1. The molecule has 1 N–H and O–H groups in total. The van der Waals surface area contributed by atoms with Gasteiger partial charge in [0.05, 0.1) is 17.9 Å². The lowest BCUT2D eigenvalue weighted by atomic mass is 9.49. The van der Waals surface area contributed by atoms with Crippen LogP contribution in [0.1, 0.15) is 68.9 Å². The van der Waals surface area contributed by atoms with Crippen LogP contribution in [0.2, 0.25) is 0 Å². The third-order valence-electron chi connectivity index (χ3n) is 9.83. The molecule has 1 spiro atoms. The number of rotatable bonds is 3. The fraction of sp³-hybridized carbons (Fsp3) is 0.679. The van der Waals surface area contributed by atoms with Crippen molar-refractivity contribution in [2.75, 3.05) is 13.6 Å². The Kier molecular flexibility index (Phi) is 4.40. The Hall–Kier alpha value is -1.85. The Balaban J connectivity index is 1.19. The highest BCUT2D eigenvalue weighted by molar-refractivity contribution is 5.75. The number of nitrogens with zero attached hydrogens (tertiary/aromatic N) is 1. The van der Waals surface area contributed by atoms with Crippen molar-refractivity contribution in [1.29, 1.82) is 0 Å². The summed E-state index contributed by atoms with van der Waals surface area (Å²) in [6.07, 6.45) is 13.3. The van der Waals surface area contributed by atoms with Crippen molar-refractivity contribution in [1.82, 2.24) is 4.90 Å². The number of benzene rings is 1. The Morgan fingerprint density at radius 3 is 2.61 bits per heavy atom. The number of aliphatic hydroxyl groups excluding tert-OH is 1. The summed E-state index contributed by atoms with van der Waals surface area (Å²) in [7, 11) is 2.15. The van der Waals surface area contributed by atoms with Crippen molar-refractivity contribution in [2.45, 2.75) is 82.0 Å². The molecule has 1 aromatic carbocycles. The van der Waals surface area contributed by atoms with Gasteiger partial charge in [-0.3, -0.25) is 4.79 Å². The molecule has 176 valence electrons. The highest BCUT2D eigenvalue weighted by atomic mass is 16.6. The van der Waals surface area contributed by atoms with Crippen LogP contribution in [0, 0.1) is 23.2 Å². The number of ether oxygens (including phenoxy) is 2. The minimum atomic E-state index is -0.485. The van der Waals surface area contributed by atoms with Crippen molar-refractivity contribution in [3.8, 4) is 11.5 Å². The average Bonchev–Trinajstić information content (AvgIpc) is 3.00. The van der Waals surface area contributed by atoms with Crippen LogP contribution in [0.25, 0.3) is 0 Å². The highest BCUT2D eigenvalue weighted by Crippen LogP contribution is 2.61. The summed E-state index contributed by atoms with van der Waals surface area (Å²) in [6, 6.07) is 4.07. The van der Waals surface area contributed by atoms with E-state index < -0.39 is 6.10 Å². The number of hydrogen-bond donors (Lipinski definition) is 1. The van der Waals surface area contributed by atoms with Gasteiger partial charge in [0.15, 0.2) is 11.5 Å². The normalized spacial score (nSPS) is 42.4. The van der Waals surface area contributed by atoms with E-state index in [1.165, 1.54) is 49.7 Å². The van der Waals surface area contributed by atoms with Gasteiger partial charge in [-0.2, -0.15) is 0 Å². The minimum Gasteiger partial charge on any atom is -0.485 e. The van der Waals surface area contributed by atoms with Gasteiger partial charge in [-0.05, 0) is 93.3 Å². The molecule has 5 aliphatic carbocycles. The third kappa shape index (κ3) is 3.15. The molecule has 0 saturated heterocycles. The molecule has 4 saturated carbocycles. The van der Waals surface area contributed by atoms with E-state index in [0.717, 1.165) is 43.0 Å². The largest absolute Gasteiger partial charge is 0.485 e. The molecule has 5 nitrogen and oxygen atoms in total. The maximum absolute atomic E-state index is 13.3. The maximum Gasteiger partial charge on any atom is 0.311 e. The molecule has 8 rings (SSSR count). The van der Waals surface area contributed by atoms with E-state index in [4.69, 9.17) is 9.47 Å². The van der Waals surface area contributed by atoms with Crippen molar-refractivity contribution in [2.24, 2.45) is 23.2 Å². The van der Waals surface area contributed by atoms with Crippen molar-refractivity contribution >= 4 is 5.97 Å². The van der Waals surface area contributed by atoms with Gasteiger partial charge in [-0.25, -0.2) is 0 Å². The molecular formula is C28H35NO4. The second kappa shape index (κ2) is 7.08. The molecule has 0 aromatic heterocycles. The Morgan fingerprint density at radius 1 is 1.15 bits per heavy atom. The number of carbonyl (C=O) groups excluding carboxylic acids is 1. The standard InChI is InChI=1S/C28H35NO4/c1-29-7-6-28-5-4-21(30)11-23(28)33-26-22(3-2-20(16-29)25(26)28)32-24(31)15-27-12-17-8-18(13-27)10-19(9-17)14-27/h2-5,17-19,21,23,30H,6-16H2,1H3/t17?,18?,19?,21-,23-,27?,28-/m0/s1. The molecule has 1 aromatic rings. The number of aliphatic hydroxyl groups is 1. The van der Waals surface area contributed by atoms with Gasteiger partial charge in [-0.1, -0.05) is 18.2 Å². The fourth-order valence-electron chi connectivity index (χ4n) is 8.97. The third-order valence-corrected chi connectivity index (χ3v) is 9.83. The molecule has 2 heterocycles. The molecule has 0 radical (unpaired) electrons. The van der Waals surface area contributed by atoms with Crippen LogP contribution in [-0.4, -0.2) is 41.8 Å². The quantitative estimate of drug-likeness (QED) is 0.422. The molecule has 0 unspecified atom stereocenters. The SMILES string of the molecule is CN1CC[C@@]23C=C[C@H](O)C[C@@H]2Oc2c(OC(=O)CC45CC6CC(CC(C6)C4)C5)ccc(c23)C1. The van der Waals surface area contributed by atoms with E-state index in [-0.39, 0.29) is 22.9 Å². The zero-order valence-electron chi connectivity index (χ0n) is 19.6. The second-order valence-corrected chi connectivity index (χ2v) is 12.3. The van der Waals surface area contributed by atoms with Crippen LogP contribution in [0.3, 0.4) is 0 Å². The summed E-state index contributed by atoms with van der Waals surface area (Å²) in [6.45, 7) is 1.83. The van der Waals surface area contributed by atoms with Gasteiger partial charge >= 0.3 is 5.97 Å². The van der Waals surface area contributed by atoms with Crippen molar-refractivity contribution < 1.29 is 19.4 Å². The summed E-state index contributed by atoms with van der Waals surface area (Å²) in [4.78, 5) is 15.6. The molecule has 5 heteroatoms. The number of carbonyl (C=O) groups is 1. The van der Waals surface area contributed by atoms with Gasteiger partial charge in [0.25, 0.3) is 0 Å². The Morgan fingerprint density at radius 2 is 1.88 bits per heavy atom. The van der Waals surface area contributed by atoms with Gasteiger partial charge in [0.1, 0.15) is 6.10 Å². The molecule has 4 bridgehead atoms. The maximum atomic E-state index is 13.3. The van der Waals surface area contributed by atoms with Gasteiger partial charge in [0.2, 0.25) is 0 Å². The van der Waals surface area contributed by atoms with Gasteiger partial charge < -0.3 is 19.5 Å². The van der Waals surface area contributed by atoms with E-state index in [9.17, 15) is 9.90 Å². The van der Waals surface area contributed by atoms with Crippen LogP contribution >= 0.6 is 0 Å². The highest BCUT2D eigenvalue weighted by Gasteiger charge is 2.54. The Labute approximate surface area is 196 Å². The summed E-state index contributed by atoms with van der Waals surface area (Å²) in [5.74, 6) is 3.71. The first-order valence-electron chi connectivity index (χ1n) is 13.0. The van der Waals surface area contributed by atoms with Crippen LogP contribution in [0.15, 0.2) is 24.3 Å². The summed E-state index contributed by atoms with van der Waals surface area (Å²) in [5.41, 5.74) is 2.36. The lowest BCUT2D eigenvalue weighted by Gasteiger charge is -2.56. The zero-order chi connectivity index (χ0) is 22.4. The predicted molar refractivity (Wildman–Crippen MR) is 124 cm³/mol. The van der Waals surface area contributed by atoms with Crippen LogP contribution in [-0.2, 0) is 16.8 Å². The minimum absolute atomic E-state index is 0.0954. The lowest BCUT2D eigenvalue weighted by molar-refractivity contribution is -0.142. The zero-order valence-corrected chi connectivity index (χ0v) is 19.6.